The fourth-order valence-electron chi connectivity index (χ4n) is 4.90. The highest BCUT2D eigenvalue weighted by molar-refractivity contribution is 6.03. The zero-order chi connectivity index (χ0) is 23.9. The first kappa shape index (κ1) is 20.5. The highest BCUT2D eigenvalue weighted by Crippen LogP contribution is 2.39. The van der Waals surface area contributed by atoms with E-state index in [0.29, 0.717) is 0 Å². The van der Waals surface area contributed by atoms with Crippen LogP contribution in [0.3, 0.4) is 0 Å². The van der Waals surface area contributed by atoms with E-state index in [1.165, 1.54) is 21.9 Å². The molecule has 0 saturated heterocycles. The molecule has 2 heterocycles. The molecule has 0 fully saturated rings. The molecular formula is C33H22N2O. The maximum Gasteiger partial charge on any atom is 0.155 e. The van der Waals surface area contributed by atoms with E-state index in [0.717, 1.165) is 39.1 Å². The summed E-state index contributed by atoms with van der Waals surface area (Å²) in [5.74, 6) is 0. The van der Waals surface area contributed by atoms with Gasteiger partial charge in [-0.15, -0.1) is 0 Å². The molecule has 0 aliphatic heterocycles. The average Bonchev–Trinajstić information content (AvgIpc) is 3.32. The lowest BCUT2D eigenvalue weighted by molar-refractivity contribution is 0.668. The van der Waals surface area contributed by atoms with Crippen LogP contribution in [0.25, 0.3) is 44.0 Å². The van der Waals surface area contributed by atoms with Gasteiger partial charge in [0.05, 0.1) is 11.9 Å². The molecule has 7 aromatic rings. The lowest BCUT2D eigenvalue weighted by atomic mass is 10.0. The Kier molecular flexibility index (Phi) is 4.78. The maximum absolute atomic E-state index is 6.17. The molecule has 0 amide bonds. The second-order valence-corrected chi connectivity index (χ2v) is 8.92. The summed E-state index contributed by atoms with van der Waals surface area (Å²) in [6.45, 7) is 0. The smallest absolute Gasteiger partial charge is 0.155 e. The number of nitrogens with zero attached hydrogens (tertiary/aromatic N) is 2. The van der Waals surface area contributed by atoms with Gasteiger partial charge in [0.2, 0.25) is 0 Å². The van der Waals surface area contributed by atoms with Gasteiger partial charge in [-0.25, -0.2) is 4.98 Å². The zero-order valence-electron chi connectivity index (χ0n) is 19.5. The van der Waals surface area contributed by atoms with Gasteiger partial charge in [0.25, 0.3) is 0 Å². The molecule has 0 aliphatic carbocycles. The van der Waals surface area contributed by atoms with Crippen molar-refractivity contribution in [1.82, 2.24) is 4.98 Å². The van der Waals surface area contributed by atoms with Gasteiger partial charge < -0.3 is 9.32 Å². The Morgan fingerprint density at radius 1 is 0.500 bits per heavy atom. The number of rotatable bonds is 4. The van der Waals surface area contributed by atoms with Crippen LogP contribution in [0, 0.1) is 0 Å². The number of fused-ring (bicyclic) bond motifs is 4. The molecule has 0 spiro atoms. The fourth-order valence-corrected chi connectivity index (χ4v) is 4.90. The van der Waals surface area contributed by atoms with E-state index in [9.17, 15) is 0 Å². The highest BCUT2D eigenvalue weighted by atomic mass is 16.3. The third kappa shape index (κ3) is 3.50. The van der Waals surface area contributed by atoms with Crippen LogP contribution < -0.4 is 4.90 Å². The molecule has 0 atom stereocenters. The van der Waals surface area contributed by atoms with E-state index < -0.39 is 0 Å². The summed E-state index contributed by atoms with van der Waals surface area (Å²) in [5.41, 5.74) is 7.97. The van der Waals surface area contributed by atoms with Crippen LogP contribution in [-0.2, 0) is 0 Å². The van der Waals surface area contributed by atoms with E-state index in [-0.39, 0.29) is 0 Å². The summed E-state index contributed by atoms with van der Waals surface area (Å²) >= 11 is 0. The molecule has 5 aromatic carbocycles. The minimum Gasteiger partial charge on any atom is -0.454 e. The minimum absolute atomic E-state index is 0.778. The normalized spacial score (nSPS) is 11.3. The molecule has 36 heavy (non-hydrogen) atoms. The molecule has 0 N–H and O–H groups in total. The second kappa shape index (κ2) is 8.40. The first-order valence-corrected chi connectivity index (χ1v) is 12.1. The van der Waals surface area contributed by atoms with Gasteiger partial charge in [-0.3, -0.25) is 0 Å². The summed E-state index contributed by atoms with van der Waals surface area (Å²) in [6, 6.07) is 44.2. The zero-order valence-corrected chi connectivity index (χ0v) is 19.5. The number of aromatic nitrogens is 1. The molecule has 170 valence electrons. The predicted octanol–water partition coefficient (Wildman–Crippen LogP) is 9.27. The van der Waals surface area contributed by atoms with Crippen molar-refractivity contribution in [2.45, 2.75) is 0 Å². The number of hydrogen-bond donors (Lipinski definition) is 0. The van der Waals surface area contributed by atoms with Crippen molar-refractivity contribution in [3.8, 4) is 11.1 Å². The Labute approximate surface area is 208 Å². The molecule has 0 unspecified atom stereocenters. The average molecular weight is 463 g/mol. The Balaban J connectivity index is 1.39. The Morgan fingerprint density at radius 2 is 1.19 bits per heavy atom. The minimum atomic E-state index is 0.778. The number of benzene rings is 5. The van der Waals surface area contributed by atoms with Gasteiger partial charge in [0, 0.05) is 22.8 Å². The van der Waals surface area contributed by atoms with Gasteiger partial charge in [-0.1, -0.05) is 84.9 Å². The molecule has 7 rings (SSSR count). The molecule has 3 heteroatoms. The number of pyridine rings is 1. The van der Waals surface area contributed by atoms with Gasteiger partial charge in [0.1, 0.15) is 11.1 Å². The molecule has 0 aliphatic rings. The van der Waals surface area contributed by atoms with E-state index in [2.05, 4.69) is 108 Å². The first-order valence-electron chi connectivity index (χ1n) is 12.1. The molecule has 0 radical (unpaired) electrons. The standard InChI is InChI=1S/C33H22N2O/c1-2-8-23(9-3-1)25-14-17-27(18-15-25)35(28-19-16-24-10-4-5-11-26(24)20-28)29-21-32-33(34-22-29)30-12-6-7-13-31(30)36-32/h1-22H. The highest BCUT2D eigenvalue weighted by Gasteiger charge is 2.17. The summed E-state index contributed by atoms with van der Waals surface area (Å²) in [6.07, 6.45) is 1.94. The summed E-state index contributed by atoms with van der Waals surface area (Å²) in [7, 11) is 0. The summed E-state index contributed by atoms with van der Waals surface area (Å²) in [4.78, 5) is 7.07. The van der Waals surface area contributed by atoms with E-state index >= 15 is 0 Å². The number of hydrogen-bond acceptors (Lipinski definition) is 3. The van der Waals surface area contributed by atoms with Crippen LogP contribution in [0.4, 0.5) is 17.1 Å². The predicted molar refractivity (Wildman–Crippen MR) is 149 cm³/mol. The quantitative estimate of drug-likeness (QED) is 0.261. The van der Waals surface area contributed by atoms with Crippen LogP contribution in [0.2, 0.25) is 0 Å². The fraction of sp³-hybridized carbons (Fsp3) is 0. The molecule has 3 nitrogen and oxygen atoms in total. The van der Waals surface area contributed by atoms with Crippen molar-refractivity contribution >= 4 is 49.9 Å². The van der Waals surface area contributed by atoms with Gasteiger partial charge >= 0.3 is 0 Å². The van der Waals surface area contributed by atoms with Crippen molar-refractivity contribution in [2.75, 3.05) is 4.90 Å². The van der Waals surface area contributed by atoms with E-state index in [1.54, 1.807) is 0 Å². The van der Waals surface area contributed by atoms with Gasteiger partial charge in [-0.05, 0) is 58.3 Å². The Morgan fingerprint density at radius 3 is 2.06 bits per heavy atom. The van der Waals surface area contributed by atoms with Gasteiger partial charge in [0.15, 0.2) is 5.58 Å². The van der Waals surface area contributed by atoms with Crippen LogP contribution in [0.1, 0.15) is 0 Å². The number of anilines is 3. The number of furan rings is 1. The third-order valence-corrected chi connectivity index (χ3v) is 6.68. The van der Waals surface area contributed by atoms with Crippen LogP contribution in [0.15, 0.2) is 138 Å². The SMILES string of the molecule is c1ccc(-c2ccc(N(c3ccc4ccccc4c3)c3cnc4c(c3)oc3ccccc34)cc2)cc1. The molecular weight excluding hydrogens is 440 g/mol. The van der Waals surface area contributed by atoms with Crippen molar-refractivity contribution in [3.05, 3.63) is 134 Å². The van der Waals surface area contributed by atoms with Crippen molar-refractivity contribution in [1.29, 1.82) is 0 Å². The lowest BCUT2D eigenvalue weighted by Gasteiger charge is -2.25. The molecule has 0 bridgehead atoms. The molecule has 0 saturated carbocycles. The largest absolute Gasteiger partial charge is 0.454 e. The van der Waals surface area contributed by atoms with E-state index in [1.807, 2.05) is 30.5 Å². The topological polar surface area (TPSA) is 29.3 Å². The first-order chi connectivity index (χ1) is 17.8. The molecule has 2 aromatic heterocycles. The Hall–Kier alpha value is -4.89. The number of para-hydroxylation sites is 1. The summed E-state index contributed by atoms with van der Waals surface area (Å²) < 4.78 is 6.17. The van der Waals surface area contributed by atoms with E-state index in [4.69, 9.17) is 9.40 Å². The maximum atomic E-state index is 6.17. The Bertz CT molecular complexity index is 1840. The lowest BCUT2D eigenvalue weighted by Crippen LogP contribution is -2.10. The van der Waals surface area contributed by atoms with Crippen LogP contribution >= 0.6 is 0 Å². The summed E-state index contributed by atoms with van der Waals surface area (Å²) in [5, 5.41) is 3.44. The second-order valence-electron chi connectivity index (χ2n) is 8.92. The van der Waals surface area contributed by atoms with Gasteiger partial charge in [-0.2, -0.15) is 0 Å². The van der Waals surface area contributed by atoms with Crippen LogP contribution in [-0.4, -0.2) is 4.98 Å². The van der Waals surface area contributed by atoms with Crippen molar-refractivity contribution < 1.29 is 4.42 Å². The van der Waals surface area contributed by atoms with Crippen LogP contribution in [0.5, 0.6) is 0 Å². The van der Waals surface area contributed by atoms with Crippen molar-refractivity contribution in [3.63, 3.8) is 0 Å². The third-order valence-electron chi connectivity index (χ3n) is 6.68. The van der Waals surface area contributed by atoms with Crippen molar-refractivity contribution in [2.24, 2.45) is 0 Å². The monoisotopic (exact) mass is 462 g/mol.